The van der Waals surface area contributed by atoms with E-state index in [1.807, 2.05) is 0 Å². The third-order valence-electron chi connectivity index (χ3n) is 2.04. The van der Waals surface area contributed by atoms with E-state index in [4.69, 9.17) is 5.11 Å². The van der Waals surface area contributed by atoms with E-state index in [-0.39, 0.29) is 17.4 Å². The lowest BCUT2D eigenvalue weighted by Gasteiger charge is -2.05. The van der Waals surface area contributed by atoms with Crippen molar-refractivity contribution in [1.29, 1.82) is 0 Å². The fourth-order valence-electron chi connectivity index (χ4n) is 1.13. The number of anilines is 1. The fourth-order valence-corrected chi connectivity index (χ4v) is 1.13. The molecule has 1 saturated carbocycles. The number of hydrogen-bond donors (Lipinski definition) is 2. The van der Waals surface area contributed by atoms with Gasteiger partial charge in [-0.05, 0) is 18.9 Å². The summed E-state index contributed by atoms with van der Waals surface area (Å²) >= 11 is 0. The maximum absolute atomic E-state index is 13.4. The van der Waals surface area contributed by atoms with Gasteiger partial charge >= 0.3 is 5.97 Å². The van der Waals surface area contributed by atoms with E-state index in [0.717, 1.165) is 18.9 Å². The number of aromatic nitrogens is 1. The smallest absolute Gasteiger partial charge is 0.338 e. The molecule has 74 valence electrons. The van der Waals surface area contributed by atoms with Crippen LogP contribution in [0.5, 0.6) is 0 Å². The van der Waals surface area contributed by atoms with Gasteiger partial charge in [-0.15, -0.1) is 0 Å². The first-order valence-electron chi connectivity index (χ1n) is 4.33. The zero-order valence-electron chi connectivity index (χ0n) is 7.33. The molecule has 0 radical (unpaired) electrons. The van der Waals surface area contributed by atoms with Crippen molar-refractivity contribution in [1.82, 2.24) is 4.98 Å². The summed E-state index contributed by atoms with van der Waals surface area (Å²) in [6.07, 6.45) is 3.26. The second-order valence-electron chi connectivity index (χ2n) is 3.24. The molecular weight excluding hydrogens is 187 g/mol. The molecule has 0 amide bonds. The summed E-state index contributed by atoms with van der Waals surface area (Å²) in [5.74, 6) is -2.02. The highest BCUT2D eigenvalue weighted by Gasteiger charge is 2.24. The molecule has 1 aromatic rings. The number of carbonyl (C=O) groups is 1. The molecule has 1 aromatic heterocycles. The first-order valence-corrected chi connectivity index (χ1v) is 4.33. The number of carboxylic acid groups (broad SMARTS) is 1. The Labute approximate surface area is 79.8 Å². The summed E-state index contributed by atoms with van der Waals surface area (Å²) in [4.78, 5) is 14.3. The number of nitrogens with zero attached hydrogens (tertiary/aromatic N) is 1. The Hall–Kier alpha value is -1.65. The molecule has 0 aliphatic heterocycles. The van der Waals surface area contributed by atoms with E-state index in [2.05, 4.69) is 10.3 Å². The van der Waals surface area contributed by atoms with Gasteiger partial charge in [-0.2, -0.15) is 0 Å². The van der Waals surface area contributed by atoms with Gasteiger partial charge in [-0.1, -0.05) is 0 Å². The summed E-state index contributed by atoms with van der Waals surface area (Å²) in [6.45, 7) is 0. The lowest BCUT2D eigenvalue weighted by atomic mass is 10.2. The van der Waals surface area contributed by atoms with Gasteiger partial charge in [0.05, 0.1) is 0 Å². The van der Waals surface area contributed by atoms with Gasteiger partial charge in [-0.25, -0.2) is 14.2 Å². The van der Waals surface area contributed by atoms with E-state index in [1.165, 1.54) is 6.20 Å². The molecule has 2 N–H and O–H groups in total. The molecule has 2 rings (SSSR count). The minimum Gasteiger partial charge on any atom is -0.478 e. The molecular formula is C9H9FN2O2. The molecule has 4 nitrogen and oxygen atoms in total. The van der Waals surface area contributed by atoms with Gasteiger partial charge in [0.15, 0.2) is 11.6 Å². The third kappa shape index (κ3) is 1.66. The maximum atomic E-state index is 13.4. The minimum atomic E-state index is -1.27. The Morgan fingerprint density at radius 1 is 1.64 bits per heavy atom. The van der Waals surface area contributed by atoms with Crippen LogP contribution >= 0.6 is 0 Å². The highest BCUT2D eigenvalue weighted by molar-refractivity contribution is 5.88. The number of rotatable bonds is 3. The van der Waals surface area contributed by atoms with Crippen molar-refractivity contribution in [3.63, 3.8) is 0 Å². The van der Waals surface area contributed by atoms with E-state index in [0.29, 0.717) is 0 Å². The number of carboxylic acids is 1. The van der Waals surface area contributed by atoms with Crippen LogP contribution in [0.1, 0.15) is 23.2 Å². The summed E-state index contributed by atoms with van der Waals surface area (Å²) < 4.78 is 13.4. The maximum Gasteiger partial charge on any atom is 0.338 e. The molecule has 1 heterocycles. The predicted molar refractivity (Wildman–Crippen MR) is 47.8 cm³/mol. The highest BCUT2D eigenvalue weighted by atomic mass is 19.1. The molecule has 0 saturated heterocycles. The quantitative estimate of drug-likeness (QED) is 0.768. The first kappa shape index (κ1) is 8.93. The Morgan fingerprint density at radius 3 is 2.93 bits per heavy atom. The molecule has 0 atom stereocenters. The van der Waals surface area contributed by atoms with Crippen LogP contribution in [0.2, 0.25) is 0 Å². The second kappa shape index (κ2) is 3.25. The molecule has 0 spiro atoms. The zero-order valence-corrected chi connectivity index (χ0v) is 7.33. The van der Waals surface area contributed by atoms with Gasteiger partial charge in [-0.3, -0.25) is 0 Å². The summed E-state index contributed by atoms with van der Waals surface area (Å²) in [5.41, 5.74) is -0.344. The van der Waals surface area contributed by atoms with Gasteiger partial charge in [0, 0.05) is 12.2 Å². The zero-order chi connectivity index (χ0) is 10.1. The Balaban J connectivity index is 2.30. The molecule has 0 bridgehead atoms. The molecule has 5 heteroatoms. The number of halogens is 1. The molecule has 1 aliphatic rings. The summed E-state index contributed by atoms with van der Waals surface area (Å²) in [5, 5.41) is 11.5. The van der Waals surface area contributed by atoms with E-state index >= 15 is 0 Å². The van der Waals surface area contributed by atoms with Gasteiger partial charge < -0.3 is 10.4 Å². The normalized spacial score (nSPS) is 15.2. The van der Waals surface area contributed by atoms with Crippen LogP contribution in [0.3, 0.4) is 0 Å². The van der Waals surface area contributed by atoms with Crippen molar-refractivity contribution >= 4 is 11.8 Å². The van der Waals surface area contributed by atoms with Crippen molar-refractivity contribution in [3.8, 4) is 0 Å². The SMILES string of the molecule is O=C(O)c1ccnc(NC2CC2)c1F. The summed E-state index contributed by atoms with van der Waals surface area (Å²) in [6, 6.07) is 1.40. The van der Waals surface area contributed by atoms with E-state index < -0.39 is 11.8 Å². The largest absolute Gasteiger partial charge is 0.478 e. The van der Waals surface area contributed by atoms with Crippen molar-refractivity contribution in [2.45, 2.75) is 18.9 Å². The van der Waals surface area contributed by atoms with Crippen LogP contribution in [0.25, 0.3) is 0 Å². The lowest BCUT2D eigenvalue weighted by molar-refractivity contribution is 0.0692. The average Bonchev–Trinajstić information content (AvgIpc) is 2.92. The highest BCUT2D eigenvalue weighted by Crippen LogP contribution is 2.25. The monoisotopic (exact) mass is 196 g/mol. The molecule has 14 heavy (non-hydrogen) atoms. The minimum absolute atomic E-state index is 0.0346. The average molecular weight is 196 g/mol. The van der Waals surface area contributed by atoms with Crippen molar-refractivity contribution in [3.05, 3.63) is 23.6 Å². The van der Waals surface area contributed by atoms with Crippen LogP contribution < -0.4 is 5.32 Å². The molecule has 1 fully saturated rings. The van der Waals surface area contributed by atoms with E-state index in [9.17, 15) is 9.18 Å². The number of aromatic carboxylic acids is 1. The van der Waals surface area contributed by atoms with Crippen molar-refractivity contribution in [2.24, 2.45) is 0 Å². The third-order valence-corrected chi connectivity index (χ3v) is 2.04. The fraction of sp³-hybridized carbons (Fsp3) is 0.333. The van der Waals surface area contributed by atoms with Crippen LogP contribution in [-0.4, -0.2) is 22.1 Å². The Morgan fingerprint density at radius 2 is 2.36 bits per heavy atom. The van der Waals surface area contributed by atoms with Crippen LogP contribution in [0.15, 0.2) is 12.3 Å². The first-order chi connectivity index (χ1) is 6.68. The Kier molecular flexibility index (Phi) is 2.07. The van der Waals surface area contributed by atoms with E-state index in [1.54, 1.807) is 0 Å². The van der Waals surface area contributed by atoms with Crippen molar-refractivity contribution in [2.75, 3.05) is 5.32 Å². The van der Waals surface area contributed by atoms with Crippen molar-refractivity contribution < 1.29 is 14.3 Å². The molecule has 1 aliphatic carbocycles. The van der Waals surface area contributed by atoms with Crippen LogP contribution in [-0.2, 0) is 0 Å². The van der Waals surface area contributed by atoms with Gasteiger partial charge in [0.25, 0.3) is 0 Å². The molecule has 0 unspecified atom stereocenters. The van der Waals surface area contributed by atoms with Gasteiger partial charge in [0.1, 0.15) is 5.56 Å². The molecule has 0 aromatic carbocycles. The topological polar surface area (TPSA) is 62.2 Å². The number of nitrogens with one attached hydrogen (secondary N) is 1. The summed E-state index contributed by atoms with van der Waals surface area (Å²) in [7, 11) is 0. The lowest BCUT2D eigenvalue weighted by Crippen LogP contribution is -2.09. The number of pyridine rings is 1. The standard InChI is InChI=1S/C9H9FN2O2/c10-7-6(9(13)14)3-4-11-8(7)12-5-1-2-5/h3-5H,1-2H2,(H,11,12)(H,13,14). The van der Waals surface area contributed by atoms with Crippen LogP contribution in [0.4, 0.5) is 10.2 Å². The van der Waals surface area contributed by atoms with Crippen LogP contribution in [0, 0.1) is 5.82 Å². The predicted octanol–water partition coefficient (Wildman–Crippen LogP) is 1.49. The van der Waals surface area contributed by atoms with Gasteiger partial charge in [0.2, 0.25) is 0 Å². The number of hydrogen-bond acceptors (Lipinski definition) is 3. The Bertz CT molecular complexity index is 377. The second-order valence-corrected chi connectivity index (χ2v) is 3.24.